The van der Waals surface area contributed by atoms with Gasteiger partial charge in [-0.3, -0.25) is 4.79 Å². The SMILES string of the molecule is COc1cc(C(=O)N2CC3CCC2[C@@H]3C)cc2nc(-c3cc4ccc(-c5ccc6c(c5)NCCC6)nc4n3CC3CC3)n(C)c12. The summed E-state index contributed by atoms with van der Waals surface area (Å²) in [5.41, 5.74) is 9.12. The lowest BCUT2D eigenvalue weighted by Gasteiger charge is -2.27. The van der Waals surface area contributed by atoms with E-state index in [0.29, 0.717) is 35.1 Å². The number of carbonyl (C=O) groups is 1. The number of hydrogen-bond donors (Lipinski definition) is 1. The second-order valence-electron chi connectivity index (χ2n) is 13.9. The normalized spacial score (nSPS) is 22.3. The number of piperidine rings is 1. The number of anilines is 1. The molecule has 3 aromatic heterocycles. The number of imidazole rings is 1. The van der Waals surface area contributed by atoms with Crippen molar-refractivity contribution < 1.29 is 9.53 Å². The van der Waals surface area contributed by atoms with Crippen LogP contribution in [-0.4, -0.2) is 56.2 Å². The fourth-order valence-corrected chi connectivity index (χ4v) is 8.37. The maximum absolute atomic E-state index is 13.8. The Morgan fingerprint density at radius 3 is 2.71 bits per heavy atom. The van der Waals surface area contributed by atoms with Gasteiger partial charge >= 0.3 is 0 Å². The van der Waals surface area contributed by atoms with E-state index in [1.54, 1.807) is 7.11 Å². The third-order valence-electron chi connectivity index (χ3n) is 11.1. The third-order valence-corrected chi connectivity index (χ3v) is 11.1. The third kappa shape index (κ3) is 4.28. The molecule has 230 valence electrons. The summed E-state index contributed by atoms with van der Waals surface area (Å²) >= 11 is 0. The van der Waals surface area contributed by atoms with E-state index in [4.69, 9.17) is 14.7 Å². The number of carbonyl (C=O) groups excluding carboxylic acids is 1. The quantitative estimate of drug-likeness (QED) is 0.229. The molecule has 2 unspecified atom stereocenters. The van der Waals surface area contributed by atoms with E-state index < -0.39 is 0 Å². The van der Waals surface area contributed by atoms with Crippen LogP contribution >= 0.6 is 0 Å². The van der Waals surface area contributed by atoms with Gasteiger partial charge < -0.3 is 24.1 Å². The Balaban J connectivity index is 1.14. The zero-order valence-electron chi connectivity index (χ0n) is 26.3. The number of nitrogens with one attached hydrogen (secondary N) is 1. The van der Waals surface area contributed by atoms with Crippen molar-refractivity contribution in [1.82, 2.24) is 24.0 Å². The van der Waals surface area contributed by atoms with Crippen molar-refractivity contribution >= 4 is 33.7 Å². The molecule has 45 heavy (non-hydrogen) atoms. The van der Waals surface area contributed by atoms with Gasteiger partial charge in [-0.25, -0.2) is 9.97 Å². The number of methoxy groups -OCH3 is 1. The van der Waals surface area contributed by atoms with Crippen LogP contribution in [0.2, 0.25) is 0 Å². The van der Waals surface area contributed by atoms with Crippen LogP contribution in [0.25, 0.3) is 44.8 Å². The predicted octanol–water partition coefficient (Wildman–Crippen LogP) is 6.90. The van der Waals surface area contributed by atoms with Crippen LogP contribution in [0.1, 0.15) is 54.9 Å². The molecule has 2 bridgehead atoms. The molecule has 1 N–H and O–H groups in total. The van der Waals surface area contributed by atoms with Crippen LogP contribution in [0.15, 0.2) is 48.5 Å². The highest BCUT2D eigenvalue weighted by atomic mass is 16.5. The number of likely N-dealkylation sites (tertiary alicyclic amines) is 1. The zero-order chi connectivity index (χ0) is 30.4. The molecule has 5 aromatic rings. The molecule has 1 saturated heterocycles. The Bertz CT molecular complexity index is 2000. The molecule has 2 aliphatic heterocycles. The van der Waals surface area contributed by atoms with Crippen LogP contribution in [0.4, 0.5) is 5.69 Å². The zero-order valence-corrected chi connectivity index (χ0v) is 26.3. The van der Waals surface area contributed by atoms with Gasteiger partial charge in [-0.1, -0.05) is 19.1 Å². The van der Waals surface area contributed by atoms with Crippen molar-refractivity contribution in [2.45, 2.75) is 58.0 Å². The maximum atomic E-state index is 13.8. The van der Waals surface area contributed by atoms with E-state index in [9.17, 15) is 4.79 Å². The van der Waals surface area contributed by atoms with Crippen LogP contribution < -0.4 is 10.1 Å². The highest BCUT2D eigenvalue weighted by Crippen LogP contribution is 2.44. The lowest BCUT2D eigenvalue weighted by Crippen LogP contribution is -2.38. The lowest BCUT2D eigenvalue weighted by atomic mass is 10.00. The number of benzene rings is 2. The van der Waals surface area contributed by atoms with Gasteiger partial charge in [-0.2, -0.15) is 0 Å². The molecule has 3 atom stereocenters. The second-order valence-corrected chi connectivity index (χ2v) is 13.9. The van der Waals surface area contributed by atoms with Gasteiger partial charge in [0.2, 0.25) is 0 Å². The van der Waals surface area contributed by atoms with Crippen molar-refractivity contribution in [2.75, 3.05) is 25.5 Å². The Morgan fingerprint density at radius 2 is 1.93 bits per heavy atom. The summed E-state index contributed by atoms with van der Waals surface area (Å²) in [7, 11) is 3.73. The first-order valence-electron chi connectivity index (χ1n) is 16.7. The molecular formula is C37H40N6O2. The Morgan fingerprint density at radius 1 is 1.04 bits per heavy atom. The van der Waals surface area contributed by atoms with Gasteiger partial charge in [0.1, 0.15) is 16.9 Å². The van der Waals surface area contributed by atoms with Gasteiger partial charge in [0, 0.05) is 54.9 Å². The van der Waals surface area contributed by atoms with Crippen LogP contribution in [0, 0.1) is 17.8 Å². The van der Waals surface area contributed by atoms with E-state index in [1.807, 2.05) is 19.2 Å². The molecule has 3 fully saturated rings. The molecule has 4 aliphatic rings. The number of fused-ring (bicyclic) bond motifs is 5. The Kier molecular flexibility index (Phi) is 6.06. The molecule has 0 radical (unpaired) electrons. The minimum absolute atomic E-state index is 0.0957. The molecule has 2 saturated carbocycles. The fourth-order valence-electron chi connectivity index (χ4n) is 8.37. The smallest absolute Gasteiger partial charge is 0.254 e. The monoisotopic (exact) mass is 600 g/mol. The molecule has 8 nitrogen and oxygen atoms in total. The first kappa shape index (κ1) is 27.0. The van der Waals surface area contributed by atoms with Crippen molar-refractivity contribution in [1.29, 1.82) is 0 Å². The average Bonchev–Trinajstić information content (AvgIpc) is 3.47. The Labute approximate surface area is 263 Å². The summed E-state index contributed by atoms with van der Waals surface area (Å²) in [6, 6.07) is 17.5. The van der Waals surface area contributed by atoms with Crippen molar-refractivity contribution in [2.24, 2.45) is 24.8 Å². The van der Waals surface area contributed by atoms with Crippen molar-refractivity contribution in [3.63, 3.8) is 0 Å². The van der Waals surface area contributed by atoms with Gasteiger partial charge in [0.15, 0.2) is 5.82 Å². The summed E-state index contributed by atoms with van der Waals surface area (Å²) < 4.78 is 10.4. The summed E-state index contributed by atoms with van der Waals surface area (Å²) in [5, 5.41) is 4.68. The summed E-state index contributed by atoms with van der Waals surface area (Å²) in [6.07, 6.45) is 7.13. The average molecular weight is 601 g/mol. The largest absolute Gasteiger partial charge is 0.494 e. The number of nitrogens with zero attached hydrogens (tertiary/aromatic N) is 5. The van der Waals surface area contributed by atoms with Gasteiger partial charge in [-0.15, -0.1) is 0 Å². The topological polar surface area (TPSA) is 77.2 Å². The number of pyridine rings is 1. The molecule has 2 aromatic carbocycles. The number of rotatable bonds is 6. The number of ether oxygens (including phenoxy) is 1. The highest BCUT2D eigenvalue weighted by molar-refractivity contribution is 6.00. The van der Waals surface area contributed by atoms with E-state index in [0.717, 1.165) is 77.3 Å². The lowest BCUT2D eigenvalue weighted by molar-refractivity contribution is 0.0696. The van der Waals surface area contributed by atoms with E-state index in [-0.39, 0.29) is 5.91 Å². The minimum Gasteiger partial charge on any atom is -0.494 e. The van der Waals surface area contributed by atoms with Crippen molar-refractivity contribution in [3.8, 4) is 28.5 Å². The fraction of sp³-hybridized carbons (Fsp3) is 0.432. The second kappa shape index (κ2) is 10.1. The van der Waals surface area contributed by atoms with E-state index in [2.05, 4.69) is 62.7 Å². The van der Waals surface area contributed by atoms with Gasteiger partial charge in [0.05, 0.1) is 24.0 Å². The summed E-state index contributed by atoms with van der Waals surface area (Å²) in [6.45, 7) is 5.10. The first-order chi connectivity index (χ1) is 22.0. The molecule has 9 rings (SSSR count). The molecule has 0 spiro atoms. The Hall–Kier alpha value is -4.33. The molecule has 2 aliphatic carbocycles. The number of aromatic nitrogens is 4. The number of amides is 1. The van der Waals surface area contributed by atoms with Crippen LogP contribution in [-0.2, 0) is 20.0 Å². The summed E-state index contributed by atoms with van der Waals surface area (Å²) in [4.78, 5) is 26.4. The van der Waals surface area contributed by atoms with Gasteiger partial charge in [-0.05, 0) is 98.2 Å². The molecule has 1 amide bonds. The molecule has 8 heteroatoms. The van der Waals surface area contributed by atoms with Crippen molar-refractivity contribution in [3.05, 3.63) is 59.7 Å². The van der Waals surface area contributed by atoms with Gasteiger partial charge in [0.25, 0.3) is 5.91 Å². The highest BCUT2D eigenvalue weighted by Gasteiger charge is 2.46. The maximum Gasteiger partial charge on any atom is 0.254 e. The molecular weight excluding hydrogens is 560 g/mol. The van der Waals surface area contributed by atoms with Crippen LogP contribution in [0.5, 0.6) is 5.75 Å². The first-order valence-corrected chi connectivity index (χ1v) is 16.7. The van der Waals surface area contributed by atoms with E-state index in [1.165, 1.54) is 36.9 Å². The molecule has 5 heterocycles. The minimum atomic E-state index is 0.0957. The summed E-state index contributed by atoms with van der Waals surface area (Å²) in [5.74, 6) is 3.49. The number of hydrogen-bond acceptors (Lipinski definition) is 5. The predicted molar refractivity (Wildman–Crippen MR) is 178 cm³/mol. The van der Waals surface area contributed by atoms with E-state index >= 15 is 0 Å². The van der Waals surface area contributed by atoms with Crippen LogP contribution in [0.3, 0.4) is 0 Å². The number of aryl methyl sites for hydroxylation is 2. The standard InChI is InChI=1S/C37H40N6O2/c1-21-26-11-13-31(21)43(20-26)37(44)27-16-30-34(33(18-27)45-3)41(2)36(40-30)32-17-25-10-12-28(39-35(25)42(32)19-22-6-7-22)24-9-8-23-5-4-14-38-29(23)15-24/h8-10,12,15-18,21-22,26,31,38H,4-7,11,13-14,19-20H2,1-3H3/t21-,26?,31?/m1/s1.